The summed E-state index contributed by atoms with van der Waals surface area (Å²) in [5.74, 6) is 0. The average molecular weight is 277 g/mol. The Labute approximate surface area is 126 Å². The van der Waals surface area contributed by atoms with Gasteiger partial charge in [0.15, 0.2) is 0 Å². The van der Waals surface area contributed by atoms with E-state index in [9.17, 15) is 0 Å². The van der Waals surface area contributed by atoms with Crippen molar-refractivity contribution in [3.8, 4) is 11.3 Å². The van der Waals surface area contributed by atoms with Gasteiger partial charge < -0.3 is 4.42 Å². The molecule has 0 atom stereocenters. The topological polar surface area (TPSA) is 38.9 Å². The van der Waals surface area contributed by atoms with Gasteiger partial charge in [-0.3, -0.25) is 4.98 Å². The minimum atomic E-state index is -2.26. The normalized spacial score (nSPS) is 14.0. The molecule has 1 aromatic carbocycles. The van der Waals surface area contributed by atoms with Gasteiger partial charge in [-0.1, -0.05) is 18.2 Å². The quantitative estimate of drug-likeness (QED) is 0.508. The Bertz CT molecular complexity index is 1050. The Morgan fingerprint density at radius 1 is 1.05 bits per heavy atom. The second kappa shape index (κ2) is 4.42. The molecule has 0 aliphatic rings. The predicted molar refractivity (Wildman–Crippen MR) is 84.2 cm³/mol. The molecule has 0 bridgehead atoms. The van der Waals surface area contributed by atoms with Crippen LogP contribution in [0.25, 0.3) is 33.3 Å². The smallest absolute Gasteiger partial charge is 0.227 e. The highest BCUT2D eigenvalue weighted by molar-refractivity contribution is 6.08. The molecular formula is C18H14N2O. The molecule has 3 heteroatoms. The summed E-state index contributed by atoms with van der Waals surface area (Å²) in [6.07, 6.45) is 1.81. The second-order valence-corrected chi connectivity index (χ2v) is 5.05. The number of hydrogen-bond donors (Lipinski definition) is 0. The number of benzene rings is 1. The molecule has 0 saturated carbocycles. The molecule has 0 saturated heterocycles. The van der Waals surface area contributed by atoms with Gasteiger partial charge in [0.05, 0.1) is 5.69 Å². The molecule has 3 heterocycles. The third kappa shape index (κ3) is 1.89. The molecule has 0 aliphatic heterocycles. The van der Waals surface area contributed by atoms with Gasteiger partial charge in [-0.05, 0) is 43.6 Å². The third-order valence-electron chi connectivity index (χ3n) is 3.55. The van der Waals surface area contributed by atoms with E-state index in [2.05, 4.69) is 9.97 Å². The molecule has 0 aliphatic carbocycles. The van der Waals surface area contributed by atoms with E-state index >= 15 is 0 Å². The van der Waals surface area contributed by atoms with Crippen molar-refractivity contribution >= 4 is 22.1 Å². The molecule has 3 aromatic heterocycles. The van der Waals surface area contributed by atoms with Crippen LogP contribution >= 0.6 is 0 Å². The van der Waals surface area contributed by atoms with E-state index in [1.54, 1.807) is 6.07 Å². The summed E-state index contributed by atoms with van der Waals surface area (Å²) in [5, 5.41) is 1.70. The minimum Gasteiger partial charge on any atom is -0.437 e. The highest BCUT2D eigenvalue weighted by atomic mass is 16.3. The summed E-state index contributed by atoms with van der Waals surface area (Å²) in [6, 6.07) is 13.0. The Morgan fingerprint density at radius 3 is 2.81 bits per heavy atom. The molecule has 0 radical (unpaired) electrons. The van der Waals surface area contributed by atoms with Gasteiger partial charge in [0.1, 0.15) is 5.58 Å². The van der Waals surface area contributed by atoms with Gasteiger partial charge in [-0.25, -0.2) is 4.98 Å². The molecule has 0 amide bonds. The van der Waals surface area contributed by atoms with Crippen molar-refractivity contribution in [1.29, 1.82) is 0 Å². The van der Waals surface area contributed by atoms with Crippen molar-refractivity contribution in [3.63, 3.8) is 0 Å². The van der Waals surface area contributed by atoms with Crippen LogP contribution in [0.1, 0.15) is 15.4 Å². The van der Waals surface area contributed by atoms with Crippen molar-refractivity contribution in [3.05, 3.63) is 59.9 Å². The zero-order chi connectivity index (χ0) is 16.9. The van der Waals surface area contributed by atoms with Gasteiger partial charge in [0, 0.05) is 32.3 Å². The Morgan fingerprint density at radius 2 is 2.00 bits per heavy atom. The lowest BCUT2D eigenvalue weighted by molar-refractivity contribution is 0.653. The van der Waals surface area contributed by atoms with E-state index in [-0.39, 0.29) is 5.69 Å². The van der Waals surface area contributed by atoms with Gasteiger partial charge in [-0.2, -0.15) is 0 Å². The summed E-state index contributed by atoms with van der Waals surface area (Å²) < 4.78 is 28.4. The maximum Gasteiger partial charge on any atom is 0.227 e. The lowest BCUT2D eigenvalue weighted by Gasteiger charge is -2.01. The van der Waals surface area contributed by atoms with Crippen LogP contribution in [-0.2, 0) is 0 Å². The van der Waals surface area contributed by atoms with E-state index in [1.165, 1.54) is 6.07 Å². The second-order valence-electron chi connectivity index (χ2n) is 5.05. The summed E-state index contributed by atoms with van der Waals surface area (Å²) in [4.78, 5) is 8.64. The molecule has 102 valence electrons. The number of rotatable bonds is 1. The molecule has 4 rings (SSSR count). The van der Waals surface area contributed by atoms with Crippen LogP contribution in [0.3, 0.4) is 0 Å². The summed E-state index contributed by atoms with van der Waals surface area (Å²) in [5.41, 5.74) is 3.78. The van der Waals surface area contributed by atoms with Crippen LogP contribution in [-0.4, -0.2) is 9.97 Å². The monoisotopic (exact) mass is 277 g/mol. The number of para-hydroxylation sites is 1. The summed E-state index contributed by atoms with van der Waals surface area (Å²) >= 11 is 0. The fourth-order valence-electron chi connectivity index (χ4n) is 2.51. The molecular weight excluding hydrogens is 260 g/mol. The van der Waals surface area contributed by atoms with Crippen molar-refractivity contribution in [2.24, 2.45) is 0 Å². The summed E-state index contributed by atoms with van der Waals surface area (Å²) in [7, 11) is 0. The Balaban J connectivity index is 1.98. The van der Waals surface area contributed by atoms with Crippen molar-refractivity contribution in [2.45, 2.75) is 13.8 Å². The van der Waals surface area contributed by atoms with E-state index in [0.717, 1.165) is 27.6 Å². The maximum absolute atomic E-state index is 7.50. The number of hydrogen-bond acceptors (Lipinski definition) is 3. The van der Waals surface area contributed by atoms with Crippen LogP contribution in [0.4, 0.5) is 0 Å². The molecule has 4 aromatic rings. The van der Waals surface area contributed by atoms with Gasteiger partial charge >= 0.3 is 0 Å². The molecule has 0 spiro atoms. The standard InChI is InChI=1S/C18H14N2O/c1-11-6-9-16(19-10-11)15-5-3-4-13-14-8-7-12(2)20-18(14)21-17(13)15/h3-10H,1-2H3/i2D3. The lowest BCUT2D eigenvalue weighted by atomic mass is 10.1. The number of furan rings is 1. The first-order valence-corrected chi connectivity index (χ1v) is 6.69. The Hall–Kier alpha value is -2.68. The van der Waals surface area contributed by atoms with Crippen LogP contribution < -0.4 is 0 Å². The van der Waals surface area contributed by atoms with Crippen LogP contribution in [0.15, 0.2) is 53.1 Å². The molecule has 0 unspecified atom stereocenters. The molecule has 0 fully saturated rings. The zero-order valence-electron chi connectivity index (χ0n) is 14.4. The van der Waals surface area contributed by atoms with Crippen LogP contribution in [0.5, 0.6) is 0 Å². The molecule has 3 nitrogen and oxygen atoms in total. The van der Waals surface area contributed by atoms with Gasteiger partial charge in [0.2, 0.25) is 5.71 Å². The predicted octanol–water partition coefficient (Wildman–Crippen LogP) is 4.66. The van der Waals surface area contributed by atoms with Crippen LogP contribution in [0.2, 0.25) is 0 Å². The first-order valence-electron chi connectivity index (χ1n) is 8.19. The average Bonchev–Trinajstić information content (AvgIpc) is 2.92. The fraction of sp³-hybridized carbons (Fsp3) is 0.111. The maximum atomic E-state index is 7.50. The van der Waals surface area contributed by atoms with Gasteiger partial charge in [-0.15, -0.1) is 0 Å². The molecule has 0 N–H and O–H groups in total. The number of aromatic nitrogens is 2. The zero-order valence-corrected chi connectivity index (χ0v) is 11.4. The van der Waals surface area contributed by atoms with Crippen LogP contribution in [0, 0.1) is 13.8 Å². The largest absolute Gasteiger partial charge is 0.437 e. The van der Waals surface area contributed by atoms with E-state index < -0.39 is 6.85 Å². The number of pyridine rings is 2. The summed E-state index contributed by atoms with van der Waals surface area (Å²) in [6.45, 7) is -0.271. The number of nitrogens with zero attached hydrogens (tertiary/aromatic N) is 2. The van der Waals surface area contributed by atoms with Gasteiger partial charge in [0.25, 0.3) is 0 Å². The fourth-order valence-corrected chi connectivity index (χ4v) is 2.51. The Kier molecular flexibility index (Phi) is 1.95. The van der Waals surface area contributed by atoms with Crippen molar-refractivity contribution < 1.29 is 8.53 Å². The van der Waals surface area contributed by atoms with E-state index in [0.29, 0.717) is 11.3 Å². The highest BCUT2D eigenvalue weighted by Crippen LogP contribution is 2.34. The first-order chi connectivity index (χ1) is 11.4. The number of fused-ring (bicyclic) bond motifs is 3. The minimum absolute atomic E-state index is 0.0315. The lowest BCUT2D eigenvalue weighted by Crippen LogP contribution is -1.84. The SMILES string of the molecule is [2H]C([2H])([2H])c1ccc2c(n1)oc1c(-c3ccc(C)cn3)cccc12. The van der Waals surface area contributed by atoms with E-state index in [4.69, 9.17) is 8.53 Å². The van der Waals surface area contributed by atoms with E-state index in [1.807, 2.05) is 43.5 Å². The third-order valence-corrected chi connectivity index (χ3v) is 3.55. The first kappa shape index (κ1) is 9.29. The van der Waals surface area contributed by atoms with Crippen molar-refractivity contribution in [2.75, 3.05) is 0 Å². The number of aryl methyl sites for hydroxylation is 2. The van der Waals surface area contributed by atoms with Crippen molar-refractivity contribution in [1.82, 2.24) is 9.97 Å². The molecule has 21 heavy (non-hydrogen) atoms. The highest BCUT2D eigenvalue weighted by Gasteiger charge is 2.13.